The van der Waals surface area contributed by atoms with Gasteiger partial charge in [-0.1, -0.05) is 32.1 Å². The summed E-state index contributed by atoms with van der Waals surface area (Å²) in [5, 5.41) is 4.06. The van der Waals surface area contributed by atoms with Crippen molar-refractivity contribution in [3.05, 3.63) is 35.8 Å². The number of nitrogens with one attached hydrogen (secondary N) is 2. The van der Waals surface area contributed by atoms with E-state index in [1.165, 1.54) is 44.2 Å². The van der Waals surface area contributed by atoms with Crippen molar-refractivity contribution in [3.8, 4) is 0 Å². The predicted molar refractivity (Wildman–Crippen MR) is 111 cm³/mol. The van der Waals surface area contributed by atoms with Crippen LogP contribution in [0.1, 0.15) is 56.9 Å². The third kappa shape index (κ3) is 4.80. The van der Waals surface area contributed by atoms with Gasteiger partial charge in [0.25, 0.3) is 0 Å². The van der Waals surface area contributed by atoms with Gasteiger partial charge in [-0.2, -0.15) is 0 Å². The summed E-state index contributed by atoms with van der Waals surface area (Å²) in [6.07, 6.45) is 11.1. The number of H-pyrrole nitrogens is 1. The summed E-state index contributed by atoms with van der Waals surface area (Å²) in [7, 11) is 0. The Hall–Kier alpha value is -2.37. The first-order valence-corrected chi connectivity index (χ1v) is 10.9. The third-order valence-electron chi connectivity index (χ3n) is 6.42. The molecular weight excluding hydrogens is 369 g/mol. The van der Waals surface area contributed by atoms with Gasteiger partial charge in [-0.3, -0.25) is 9.59 Å². The molecule has 1 aromatic heterocycles. The fourth-order valence-corrected chi connectivity index (χ4v) is 4.70. The molecule has 2 aliphatic rings. The number of hydrogen-bond donors (Lipinski definition) is 2. The highest BCUT2D eigenvalue weighted by atomic mass is 19.1. The Balaban J connectivity index is 1.31. The number of nitrogens with zero attached hydrogens (tertiary/aromatic N) is 1. The van der Waals surface area contributed by atoms with E-state index in [2.05, 4.69) is 10.3 Å². The number of halogens is 1. The predicted octanol–water partition coefficient (Wildman–Crippen LogP) is 3.93. The van der Waals surface area contributed by atoms with Crippen molar-refractivity contribution in [2.24, 2.45) is 5.92 Å². The SMILES string of the molecule is O=C(NC1CCCCCCC1)C1CC(=O)N(CCc2c[nH]c3ccc(F)cc23)C1. The molecule has 0 bridgehead atoms. The van der Waals surface area contributed by atoms with Gasteiger partial charge in [0.05, 0.1) is 5.92 Å². The molecule has 2 N–H and O–H groups in total. The lowest BCUT2D eigenvalue weighted by molar-refractivity contribution is -0.129. The van der Waals surface area contributed by atoms with E-state index >= 15 is 0 Å². The van der Waals surface area contributed by atoms with Crippen LogP contribution in [0.4, 0.5) is 4.39 Å². The molecular formula is C23H30FN3O2. The van der Waals surface area contributed by atoms with Gasteiger partial charge in [0.1, 0.15) is 5.82 Å². The lowest BCUT2D eigenvalue weighted by atomic mass is 9.96. The van der Waals surface area contributed by atoms with E-state index in [1.807, 2.05) is 6.20 Å². The molecule has 1 aliphatic heterocycles. The van der Waals surface area contributed by atoms with Crippen LogP contribution >= 0.6 is 0 Å². The zero-order valence-electron chi connectivity index (χ0n) is 16.9. The lowest BCUT2D eigenvalue weighted by Gasteiger charge is -2.23. The molecule has 2 aromatic rings. The number of amides is 2. The van der Waals surface area contributed by atoms with Crippen molar-refractivity contribution in [2.45, 2.75) is 63.8 Å². The smallest absolute Gasteiger partial charge is 0.225 e. The number of carbonyl (C=O) groups excluding carboxylic acids is 2. The molecule has 2 amide bonds. The molecule has 2 heterocycles. The number of benzene rings is 1. The molecule has 156 valence electrons. The van der Waals surface area contributed by atoms with Crippen molar-refractivity contribution in [1.82, 2.24) is 15.2 Å². The zero-order chi connectivity index (χ0) is 20.2. The average molecular weight is 400 g/mol. The number of rotatable bonds is 5. The Morgan fingerprint density at radius 2 is 1.93 bits per heavy atom. The monoisotopic (exact) mass is 399 g/mol. The Morgan fingerprint density at radius 1 is 1.17 bits per heavy atom. The normalized spacial score (nSPS) is 21.3. The maximum absolute atomic E-state index is 13.6. The van der Waals surface area contributed by atoms with E-state index < -0.39 is 0 Å². The third-order valence-corrected chi connectivity index (χ3v) is 6.42. The maximum atomic E-state index is 13.6. The summed E-state index contributed by atoms with van der Waals surface area (Å²) in [4.78, 5) is 30.1. The summed E-state index contributed by atoms with van der Waals surface area (Å²) >= 11 is 0. The fourth-order valence-electron chi connectivity index (χ4n) is 4.70. The highest BCUT2D eigenvalue weighted by Gasteiger charge is 2.34. The topological polar surface area (TPSA) is 65.2 Å². The molecule has 6 heteroatoms. The minimum absolute atomic E-state index is 0.0283. The van der Waals surface area contributed by atoms with Crippen LogP contribution in [0.3, 0.4) is 0 Å². The van der Waals surface area contributed by atoms with Crippen molar-refractivity contribution in [1.29, 1.82) is 0 Å². The molecule has 5 nitrogen and oxygen atoms in total. The van der Waals surface area contributed by atoms with Crippen LogP contribution < -0.4 is 5.32 Å². The number of aromatic amines is 1. The first-order valence-electron chi connectivity index (χ1n) is 10.9. The van der Waals surface area contributed by atoms with Gasteiger partial charge in [0.15, 0.2) is 0 Å². The number of fused-ring (bicyclic) bond motifs is 1. The van der Waals surface area contributed by atoms with Gasteiger partial charge >= 0.3 is 0 Å². The number of aromatic nitrogens is 1. The summed E-state index contributed by atoms with van der Waals surface area (Å²) in [5.74, 6) is -0.454. The fraction of sp³-hybridized carbons (Fsp3) is 0.565. The van der Waals surface area contributed by atoms with Crippen LogP contribution in [0.2, 0.25) is 0 Å². The second-order valence-electron chi connectivity index (χ2n) is 8.55. The van der Waals surface area contributed by atoms with Gasteiger partial charge in [-0.25, -0.2) is 4.39 Å². The molecule has 29 heavy (non-hydrogen) atoms. The van der Waals surface area contributed by atoms with Gasteiger partial charge in [0, 0.05) is 42.7 Å². The van der Waals surface area contributed by atoms with Crippen molar-refractivity contribution < 1.29 is 14.0 Å². The molecule has 4 rings (SSSR count). The number of likely N-dealkylation sites (tertiary alicyclic amines) is 1. The largest absolute Gasteiger partial charge is 0.361 e. The van der Waals surface area contributed by atoms with E-state index in [1.54, 1.807) is 11.0 Å². The van der Waals surface area contributed by atoms with E-state index in [0.717, 1.165) is 29.3 Å². The first kappa shape index (κ1) is 19.9. The van der Waals surface area contributed by atoms with Crippen LogP contribution in [0.5, 0.6) is 0 Å². The number of hydrogen-bond acceptors (Lipinski definition) is 2. The minimum atomic E-state index is -0.262. The highest BCUT2D eigenvalue weighted by molar-refractivity contribution is 5.89. The van der Waals surface area contributed by atoms with E-state index in [0.29, 0.717) is 25.9 Å². The van der Waals surface area contributed by atoms with Crippen LogP contribution in [-0.2, 0) is 16.0 Å². The van der Waals surface area contributed by atoms with Gasteiger partial charge in [-0.15, -0.1) is 0 Å². The minimum Gasteiger partial charge on any atom is -0.361 e. The standard InChI is InChI=1S/C23H30FN3O2/c24-18-8-9-21-20(13-18)16(14-25-21)10-11-27-15-17(12-22(27)28)23(29)26-19-6-4-2-1-3-5-7-19/h8-9,13-14,17,19,25H,1-7,10-12,15H2,(H,26,29). The molecule has 0 spiro atoms. The van der Waals surface area contributed by atoms with Crippen LogP contribution in [0, 0.1) is 11.7 Å². The summed E-state index contributed by atoms with van der Waals surface area (Å²) in [5.41, 5.74) is 1.89. The second kappa shape index (κ2) is 8.97. The Labute approximate surface area is 171 Å². The van der Waals surface area contributed by atoms with E-state index in [9.17, 15) is 14.0 Å². The van der Waals surface area contributed by atoms with E-state index in [4.69, 9.17) is 0 Å². The Morgan fingerprint density at radius 3 is 2.72 bits per heavy atom. The van der Waals surface area contributed by atoms with E-state index in [-0.39, 0.29) is 29.6 Å². The summed E-state index contributed by atoms with van der Waals surface area (Å²) in [6.45, 7) is 1.03. The van der Waals surface area contributed by atoms with Crippen molar-refractivity contribution >= 4 is 22.7 Å². The molecule has 1 unspecified atom stereocenters. The molecule has 0 radical (unpaired) electrons. The van der Waals surface area contributed by atoms with Gasteiger partial charge in [-0.05, 0) is 43.0 Å². The van der Waals surface area contributed by atoms with Crippen LogP contribution in [-0.4, -0.2) is 40.8 Å². The second-order valence-corrected chi connectivity index (χ2v) is 8.55. The van der Waals surface area contributed by atoms with Crippen molar-refractivity contribution in [3.63, 3.8) is 0 Å². The molecule has 2 fully saturated rings. The number of carbonyl (C=O) groups is 2. The summed E-state index contributed by atoms with van der Waals surface area (Å²) < 4.78 is 13.6. The summed E-state index contributed by atoms with van der Waals surface area (Å²) in [6, 6.07) is 4.95. The molecule has 1 saturated heterocycles. The zero-order valence-corrected chi connectivity index (χ0v) is 16.9. The molecule has 1 aromatic carbocycles. The maximum Gasteiger partial charge on any atom is 0.225 e. The Bertz CT molecular complexity index is 870. The quantitative estimate of drug-likeness (QED) is 0.800. The van der Waals surface area contributed by atoms with Gasteiger partial charge < -0.3 is 15.2 Å². The average Bonchev–Trinajstić information content (AvgIpc) is 3.25. The Kier molecular flexibility index (Phi) is 6.16. The van der Waals surface area contributed by atoms with Gasteiger partial charge in [0.2, 0.25) is 11.8 Å². The van der Waals surface area contributed by atoms with Crippen LogP contribution in [0.25, 0.3) is 10.9 Å². The van der Waals surface area contributed by atoms with Crippen molar-refractivity contribution in [2.75, 3.05) is 13.1 Å². The van der Waals surface area contributed by atoms with Crippen LogP contribution in [0.15, 0.2) is 24.4 Å². The highest BCUT2D eigenvalue weighted by Crippen LogP contribution is 2.23. The lowest BCUT2D eigenvalue weighted by Crippen LogP contribution is -2.40. The molecule has 1 aliphatic carbocycles. The molecule has 1 atom stereocenters. The first-order chi connectivity index (χ1) is 14.1. The molecule has 1 saturated carbocycles.